The van der Waals surface area contributed by atoms with Crippen LogP contribution in [-0.2, 0) is 6.42 Å². The molecule has 1 unspecified atom stereocenters. The number of ether oxygens (including phenoxy) is 1. The van der Waals surface area contributed by atoms with E-state index in [0.717, 1.165) is 17.7 Å². The van der Waals surface area contributed by atoms with Crippen LogP contribution in [0.4, 0.5) is 5.69 Å². The quantitative estimate of drug-likeness (QED) is 0.568. The number of fused-ring (bicyclic) bond motifs is 2. The number of nitro benzene ring substituents is 1. The predicted octanol–water partition coefficient (Wildman–Crippen LogP) is 3.12. The number of carbonyl (C=O) groups is 1. The molecule has 3 aromatic rings. The summed E-state index contributed by atoms with van der Waals surface area (Å²) in [7, 11) is 0. The number of hydrogen-bond acceptors (Lipinski definition) is 5. The Morgan fingerprint density at radius 3 is 2.93 bits per heavy atom. The molecule has 1 N–H and O–H groups in total. The summed E-state index contributed by atoms with van der Waals surface area (Å²) in [4.78, 5) is 27.6. The summed E-state index contributed by atoms with van der Waals surface area (Å²) in [6, 6.07) is 13.9. The van der Waals surface area contributed by atoms with E-state index in [-0.39, 0.29) is 17.5 Å². The Balaban J connectivity index is 1.51. The molecule has 1 aliphatic heterocycles. The van der Waals surface area contributed by atoms with Gasteiger partial charge >= 0.3 is 0 Å². The maximum absolute atomic E-state index is 12.7. The third-order valence-electron chi connectivity index (χ3n) is 4.70. The Kier molecular flexibility index (Phi) is 4.42. The number of non-ortho nitro benzene ring substituents is 1. The second-order valence-corrected chi connectivity index (χ2v) is 6.49. The van der Waals surface area contributed by atoms with Crippen LogP contribution < -0.4 is 10.1 Å². The van der Waals surface area contributed by atoms with Gasteiger partial charge in [-0.2, -0.15) is 0 Å². The van der Waals surface area contributed by atoms with Crippen LogP contribution in [0.2, 0.25) is 0 Å². The summed E-state index contributed by atoms with van der Waals surface area (Å²) < 4.78 is 5.75. The Hall–Kier alpha value is -3.48. The fourth-order valence-electron chi connectivity index (χ4n) is 3.35. The average molecular weight is 363 g/mol. The minimum absolute atomic E-state index is 0.0630. The number of rotatable bonds is 4. The number of hydrogen-bond donors (Lipinski definition) is 1. The third kappa shape index (κ3) is 3.31. The minimum atomic E-state index is -0.470. The van der Waals surface area contributed by atoms with Crippen molar-refractivity contribution in [3.63, 3.8) is 0 Å². The highest BCUT2D eigenvalue weighted by Crippen LogP contribution is 2.28. The highest BCUT2D eigenvalue weighted by Gasteiger charge is 2.22. The molecular weight excluding hydrogens is 346 g/mol. The van der Waals surface area contributed by atoms with E-state index in [2.05, 4.69) is 10.3 Å². The van der Waals surface area contributed by atoms with Crippen molar-refractivity contribution in [3.8, 4) is 5.75 Å². The van der Waals surface area contributed by atoms with Crippen molar-refractivity contribution in [2.75, 3.05) is 13.2 Å². The second kappa shape index (κ2) is 7.03. The Bertz CT molecular complexity index is 1030. The molecule has 1 atom stereocenters. The van der Waals surface area contributed by atoms with E-state index in [4.69, 9.17) is 4.74 Å². The van der Waals surface area contributed by atoms with Crippen LogP contribution in [0.15, 0.2) is 54.7 Å². The van der Waals surface area contributed by atoms with E-state index < -0.39 is 4.92 Å². The first-order chi connectivity index (χ1) is 13.1. The highest BCUT2D eigenvalue weighted by atomic mass is 16.6. The molecule has 4 rings (SSSR count). The number of amides is 1. The van der Waals surface area contributed by atoms with Crippen molar-refractivity contribution >= 4 is 22.5 Å². The molecular formula is C20H17N3O4. The normalized spacial score (nSPS) is 15.6. The molecule has 2 heterocycles. The standard InChI is InChI=1S/C20H17N3O4/c24-20(22-11-13-10-14-4-1-2-6-18(14)27-12-13)16-7-8-17(23(25)26)15-5-3-9-21-19(15)16/h1-9,13H,10-12H2,(H,22,24). The summed E-state index contributed by atoms with van der Waals surface area (Å²) in [5.41, 5.74) is 1.72. The molecule has 1 aliphatic rings. The van der Waals surface area contributed by atoms with Gasteiger partial charge < -0.3 is 10.1 Å². The molecule has 0 bridgehead atoms. The fraction of sp³-hybridized carbons (Fsp3) is 0.200. The lowest BCUT2D eigenvalue weighted by atomic mass is 9.96. The predicted molar refractivity (Wildman–Crippen MR) is 99.9 cm³/mol. The number of para-hydroxylation sites is 1. The van der Waals surface area contributed by atoms with Crippen molar-refractivity contribution < 1.29 is 14.5 Å². The topological polar surface area (TPSA) is 94.4 Å². The molecule has 0 aliphatic carbocycles. The highest BCUT2D eigenvalue weighted by molar-refractivity contribution is 6.07. The maximum Gasteiger partial charge on any atom is 0.278 e. The fourth-order valence-corrected chi connectivity index (χ4v) is 3.35. The van der Waals surface area contributed by atoms with Crippen LogP contribution in [0, 0.1) is 16.0 Å². The van der Waals surface area contributed by atoms with Crippen LogP contribution in [0.3, 0.4) is 0 Å². The van der Waals surface area contributed by atoms with Crippen LogP contribution in [0.1, 0.15) is 15.9 Å². The molecule has 7 nitrogen and oxygen atoms in total. The lowest BCUT2D eigenvalue weighted by Crippen LogP contribution is -2.34. The molecule has 0 saturated heterocycles. The first kappa shape index (κ1) is 17.0. The van der Waals surface area contributed by atoms with Crippen LogP contribution in [0.5, 0.6) is 5.75 Å². The Morgan fingerprint density at radius 1 is 1.22 bits per heavy atom. The summed E-state index contributed by atoms with van der Waals surface area (Å²) in [5, 5.41) is 14.5. The van der Waals surface area contributed by atoms with Gasteiger partial charge in [-0.05, 0) is 36.2 Å². The van der Waals surface area contributed by atoms with Gasteiger partial charge in [0.25, 0.3) is 11.6 Å². The SMILES string of the molecule is O=C(NCC1COc2ccccc2C1)c1ccc([N+](=O)[O-])c2cccnc12. The summed E-state index contributed by atoms with van der Waals surface area (Å²) in [6.07, 6.45) is 2.35. The van der Waals surface area contributed by atoms with E-state index in [1.54, 1.807) is 12.1 Å². The van der Waals surface area contributed by atoms with Gasteiger partial charge in [0, 0.05) is 24.7 Å². The minimum Gasteiger partial charge on any atom is -0.493 e. The van der Waals surface area contributed by atoms with Gasteiger partial charge in [0.15, 0.2) is 0 Å². The summed E-state index contributed by atoms with van der Waals surface area (Å²) >= 11 is 0. The van der Waals surface area contributed by atoms with E-state index in [0.29, 0.717) is 29.6 Å². The maximum atomic E-state index is 12.7. The number of nitrogens with zero attached hydrogens (tertiary/aromatic N) is 2. The molecule has 7 heteroatoms. The van der Waals surface area contributed by atoms with Gasteiger partial charge in [-0.15, -0.1) is 0 Å². The third-order valence-corrected chi connectivity index (χ3v) is 4.70. The average Bonchev–Trinajstić information content (AvgIpc) is 2.70. The Labute approximate surface area is 155 Å². The molecule has 1 aromatic heterocycles. The van der Waals surface area contributed by atoms with Crippen molar-refractivity contribution in [2.24, 2.45) is 5.92 Å². The van der Waals surface area contributed by atoms with Gasteiger partial charge in [-0.1, -0.05) is 18.2 Å². The van der Waals surface area contributed by atoms with Crippen LogP contribution >= 0.6 is 0 Å². The molecule has 1 amide bonds. The first-order valence-corrected chi connectivity index (χ1v) is 8.64. The van der Waals surface area contributed by atoms with Gasteiger partial charge in [-0.25, -0.2) is 0 Å². The molecule has 0 spiro atoms. The first-order valence-electron chi connectivity index (χ1n) is 8.64. The molecule has 27 heavy (non-hydrogen) atoms. The molecule has 136 valence electrons. The van der Waals surface area contributed by atoms with E-state index >= 15 is 0 Å². The van der Waals surface area contributed by atoms with Crippen molar-refractivity contribution in [1.82, 2.24) is 10.3 Å². The summed E-state index contributed by atoms with van der Waals surface area (Å²) in [5.74, 6) is 0.763. The van der Waals surface area contributed by atoms with E-state index in [1.165, 1.54) is 18.3 Å². The number of nitro groups is 1. The summed E-state index contributed by atoms with van der Waals surface area (Å²) in [6.45, 7) is 0.995. The largest absolute Gasteiger partial charge is 0.493 e. The zero-order chi connectivity index (χ0) is 18.8. The smallest absolute Gasteiger partial charge is 0.278 e. The number of nitrogens with one attached hydrogen (secondary N) is 1. The number of aromatic nitrogens is 1. The molecule has 2 aromatic carbocycles. The monoisotopic (exact) mass is 363 g/mol. The van der Waals surface area contributed by atoms with Crippen LogP contribution in [-0.4, -0.2) is 29.0 Å². The Morgan fingerprint density at radius 2 is 2.07 bits per heavy atom. The second-order valence-electron chi connectivity index (χ2n) is 6.49. The van der Waals surface area contributed by atoms with Gasteiger partial charge in [-0.3, -0.25) is 19.9 Å². The van der Waals surface area contributed by atoms with Crippen LogP contribution in [0.25, 0.3) is 10.9 Å². The lowest BCUT2D eigenvalue weighted by Gasteiger charge is -2.25. The lowest BCUT2D eigenvalue weighted by molar-refractivity contribution is -0.383. The number of pyridine rings is 1. The van der Waals surface area contributed by atoms with Crippen molar-refractivity contribution in [1.29, 1.82) is 0 Å². The van der Waals surface area contributed by atoms with Crippen molar-refractivity contribution in [3.05, 3.63) is 76.0 Å². The van der Waals surface area contributed by atoms with Gasteiger partial charge in [0.1, 0.15) is 5.75 Å². The molecule has 0 radical (unpaired) electrons. The zero-order valence-electron chi connectivity index (χ0n) is 14.4. The number of benzene rings is 2. The van der Waals surface area contributed by atoms with E-state index in [9.17, 15) is 14.9 Å². The van der Waals surface area contributed by atoms with Crippen molar-refractivity contribution in [2.45, 2.75) is 6.42 Å². The molecule has 0 fully saturated rings. The van der Waals surface area contributed by atoms with E-state index in [1.807, 2.05) is 24.3 Å². The molecule has 0 saturated carbocycles. The number of carbonyl (C=O) groups excluding carboxylic acids is 1. The van der Waals surface area contributed by atoms with Gasteiger partial charge in [0.05, 0.1) is 28.0 Å². The zero-order valence-corrected chi connectivity index (χ0v) is 14.4. The van der Waals surface area contributed by atoms with Gasteiger partial charge in [0.2, 0.25) is 0 Å².